The van der Waals surface area contributed by atoms with Crippen molar-refractivity contribution in [2.45, 2.75) is 13.3 Å². The quantitative estimate of drug-likeness (QED) is 0.815. The van der Waals surface area contributed by atoms with Crippen molar-refractivity contribution in [1.82, 2.24) is 4.98 Å². The number of aromatic nitrogens is 1. The van der Waals surface area contributed by atoms with Gasteiger partial charge in [-0.15, -0.1) is 0 Å². The molecule has 0 radical (unpaired) electrons. The highest BCUT2D eigenvalue weighted by molar-refractivity contribution is 9.10. The molecule has 0 unspecified atom stereocenters. The summed E-state index contributed by atoms with van der Waals surface area (Å²) in [4.78, 5) is 4.35. The van der Waals surface area contributed by atoms with Crippen LogP contribution < -0.4 is 0 Å². The van der Waals surface area contributed by atoms with E-state index in [0.29, 0.717) is 5.89 Å². The summed E-state index contributed by atoms with van der Waals surface area (Å²) >= 11 is 3.39. The topological polar surface area (TPSA) is 26.0 Å². The van der Waals surface area contributed by atoms with Crippen LogP contribution in [0, 0.1) is 0 Å². The van der Waals surface area contributed by atoms with E-state index in [4.69, 9.17) is 4.42 Å². The van der Waals surface area contributed by atoms with Crippen LogP contribution in [0.15, 0.2) is 39.4 Å². The van der Waals surface area contributed by atoms with Crippen molar-refractivity contribution in [3.8, 4) is 11.5 Å². The lowest BCUT2D eigenvalue weighted by atomic mass is 10.2. The number of aryl methyl sites for hydroxylation is 1. The maximum Gasteiger partial charge on any atom is 0.226 e. The molecule has 0 atom stereocenters. The maximum atomic E-state index is 5.36. The fourth-order valence-corrected chi connectivity index (χ4v) is 1.46. The number of nitrogens with zero attached hydrogens (tertiary/aromatic N) is 1. The zero-order chi connectivity index (χ0) is 9.97. The van der Waals surface area contributed by atoms with Gasteiger partial charge in [-0.3, -0.25) is 0 Å². The highest BCUT2D eigenvalue weighted by Crippen LogP contribution is 2.21. The minimum absolute atomic E-state index is 0.689. The molecule has 2 nitrogen and oxygen atoms in total. The Bertz CT molecular complexity index is 419. The van der Waals surface area contributed by atoms with E-state index in [9.17, 15) is 0 Å². The van der Waals surface area contributed by atoms with Crippen LogP contribution >= 0.6 is 15.9 Å². The molecule has 0 aliphatic rings. The Morgan fingerprint density at radius 1 is 1.29 bits per heavy atom. The molecule has 1 aromatic heterocycles. The van der Waals surface area contributed by atoms with E-state index < -0.39 is 0 Å². The van der Waals surface area contributed by atoms with Crippen molar-refractivity contribution in [2.75, 3.05) is 0 Å². The van der Waals surface area contributed by atoms with E-state index >= 15 is 0 Å². The molecule has 0 fully saturated rings. The van der Waals surface area contributed by atoms with Gasteiger partial charge in [0.15, 0.2) is 0 Å². The first-order valence-corrected chi connectivity index (χ1v) is 5.29. The summed E-state index contributed by atoms with van der Waals surface area (Å²) in [7, 11) is 0. The van der Waals surface area contributed by atoms with Gasteiger partial charge in [0.25, 0.3) is 0 Å². The summed E-state index contributed by atoms with van der Waals surface area (Å²) in [6, 6.07) is 7.92. The summed E-state index contributed by atoms with van der Waals surface area (Å²) in [5, 5.41) is 0. The summed E-state index contributed by atoms with van der Waals surface area (Å²) in [5.41, 5.74) is 2.00. The zero-order valence-electron chi connectivity index (χ0n) is 7.83. The smallest absolute Gasteiger partial charge is 0.226 e. The van der Waals surface area contributed by atoms with Gasteiger partial charge in [-0.1, -0.05) is 22.9 Å². The van der Waals surface area contributed by atoms with Crippen molar-refractivity contribution in [3.63, 3.8) is 0 Å². The molecule has 0 aliphatic carbocycles. The molecule has 0 saturated heterocycles. The van der Waals surface area contributed by atoms with Crippen molar-refractivity contribution in [3.05, 3.63) is 40.7 Å². The second-order valence-corrected chi connectivity index (χ2v) is 3.92. The Morgan fingerprint density at radius 2 is 2.00 bits per heavy atom. The first-order valence-electron chi connectivity index (χ1n) is 4.50. The minimum Gasteiger partial charge on any atom is -0.444 e. The zero-order valence-corrected chi connectivity index (χ0v) is 9.41. The highest BCUT2D eigenvalue weighted by Gasteiger charge is 2.04. The summed E-state index contributed by atoms with van der Waals surface area (Å²) in [6.45, 7) is 2.06. The Balaban J connectivity index is 2.34. The van der Waals surface area contributed by atoms with Gasteiger partial charge in [-0.2, -0.15) is 0 Å². The lowest BCUT2D eigenvalue weighted by Crippen LogP contribution is -1.80. The molecule has 2 aromatic rings. The third kappa shape index (κ3) is 1.87. The number of halogens is 1. The second-order valence-electron chi connectivity index (χ2n) is 3.00. The Labute approximate surface area is 91.1 Å². The average Bonchev–Trinajstić information content (AvgIpc) is 2.67. The number of hydrogen-bond donors (Lipinski definition) is 0. The van der Waals surface area contributed by atoms with Crippen molar-refractivity contribution >= 4 is 15.9 Å². The van der Waals surface area contributed by atoms with Crippen LogP contribution in [-0.2, 0) is 6.42 Å². The van der Waals surface area contributed by atoms with Gasteiger partial charge in [0.05, 0.1) is 5.69 Å². The van der Waals surface area contributed by atoms with Gasteiger partial charge >= 0.3 is 0 Å². The van der Waals surface area contributed by atoms with Crippen LogP contribution in [0.5, 0.6) is 0 Å². The summed E-state index contributed by atoms with van der Waals surface area (Å²) in [6.07, 6.45) is 2.61. The minimum atomic E-state index is 0.689. The third-order valence-electron chi connectivity index (χ3n) is 2.01. The standard InChI is InChI=1S/C11H10BrNO/c1-2-10-7-14-11(13-10)8-3-5-9(12)6-4-8/h3-7H,2H2,1H3. The van der Waals surface area contributed by atoms with E-state index in [0.717, 1.165) is 22.2 Å². The molecular weight excluding hydrogens is 242 g/mol. The summed E-state index contributed by atoms with van der Waals surface area (Å²) in [5.74, 6) is 0.689. The SMILES string of the molecule is CCc1coc(-c2ccc(Br)cc2)n1. The van der Waals surface area contributed by atoms with Crippen LogP contribution in [-0.4, -0.2) is 4.98 Å². The lowest BCUT2D eigenvalue weighted by molar-refractivity contribution is 0.573. The molecule has 72 valence electrons. The van der Waals surface area contributed by atoms with Crippen molar-refractivity contribution < 1.29 is 4.42 Å². The van der Waals surface area contributed by atoms with Crippen LogP contribution in [0.4, 0.5) is 0 Å². The monoisotopic (exact) mass is 251 g/mol. The van der Waals surface area contributed by atoms with E-state index in [1.54, 1.807) is 6.26 Å². The molecule has 14 heavy (non-hydrogen) atoms. The van der Waals surface area contributed by atoms with Gasteiger partial charge in [-0.25, -0.2) is 4.98 Å². The van der Waals surface area contributed by atoms with Crippen LogP contribution in [0.25, 0.3) is 11.5 Å². The van der Waals surface area contributed by atoms with E-state index in [1.807, 2.05) is 24.3 Å². The number of rotatable bonds is 2. The van der Waals surface area contributed by atoms with Crippen LogP contribution in [0.2, 0.25) is 0 Å². The maximum absolute atomic E-state index is 5.36. The van der Waals surface area contributed by atoms with Crippen LogP contribution in [0.3, 0.4) is 0 Å². The Hall–Kier alpha value is -1.09. The van der Waals surface area contributed by atoms with E-state index in [-0.39, 0.29) is 0 Å². The predicted molar refractivity (Wildman–Crippen MR) is 59.0 cm³/mol. The molecule has 0 bridgehead atoms. The largest absolute Gasteiger partial charge is 0.444 e. The van der Waals surface area contributed by atoms with Crippen molar-refractivity contribution in [2.24, 2.45) is 0 Å². The third-order valence-corrected chi connectivity index (χ3v) is 2.53. The molecule has 0 spiro atoms. The predicted octanol–water partition coefficient (Wildman–Crippen LogP) is 3.67. The molecule has 0 amide bonds. The highest BCUT2D eigenvalue weighted by atomic mass is 79.9. The van der Waals surface area contributed by atoms with E-state index in [2.05, 4.69) is 27.8 Å². The van der Waals surface area contributed by atoms with E-state index in [1.165, 1.54) is 0 Å². The van der Waals surface area contributed by atoms with Crippen molar-refractivity contribution in [1.29, 1.82) is 0 Å². The molecule has 0 saturated carbocycles. The fourth-order valence-electron chi connectivity index (χ4n) is 1.19. The lowest BCUT2D eigenvalue weighted by Gasteiger charge is -1.94. The molecular formula is C11H10BrNO. The molecule has 0 aliphatic heterocycles. The number of benzene rings is 1. The van der Waals surface area contributed by atoms with Gasteiger partial charge in [-0.05, 0) is 30.7 Å². The Morgan fingerprint density at radius 3 is 2.57 bits per heavy atom. The van der Waals surface area contributed by atoms with Gasteiger partial charge in [0, 0.05) is 10.0 Å². The number of hydrogen-bond acceptors (Lipinski definition) is 2. The van der Waals surface area contributed by atoms with Crippen LogP contribution in [0.1, 0.15) is 12.6 Å². The molecule has 0 N–H and O–H groups in total. The average molecular weight is 252 g/mol. The normalized spacial score (nSPS) is 10.4. The first kappa shape index (κ1) is 9.46. The molecule has 1 heterocycles. The van der Waals surface area contributed by atoms with Gasteiger partial charge < -0.3 is 4.42 Å². The number of oxazole rings is 1. The molecule has 2 rings (SSSR count). The molecule has 1 aromatic carbocycles. The summed E-state index contributed by atoms with van der Waals surface area (Å²) < 4.78 is 6.41. The van der Waals surface area contributed by atoms with Gasteiger partial charge in [0.1, 0.15) is 6.26 Å². The molecule has 3 heteroatoms. The Kier molecular flexibility index (Phi) is 2.68. The second kappa shape index (κ2) is 3.96. The fraction of sp³-hybridized carbons (Fsp3) is 0.182. The first-order chi connectivity index (χ1) is 6.79. The van der Waals surface area contributed by atoms with Gasteiger partial charge in [0.2, 0.25) is 5.89 Å².